The van der Waals surface area contributed by atoms with Crippen LogP contribution in [-0.4, -0.2) is 34.4 Å². The Morgan fingerprint density at radius 3 is 2.76 bits per heavy atom. The van der Waals surface area contributed by atoms with Gasteiger partial charge in [-0.2, -0.15) is 0 Å². The number of carbonyl (C=O) groups is 1. The van der Waals surface area contributed by atoms with Crippen LogP contribution in [0.25, 0.3) is 0 Å². The van der Waals surface area contributed by atoms with Crippen LogP contribution in [0, 0.1) is 0 Å². The largest absolute Gasteiger partial charge is 0.327 e. The molecule has 0 saturated heterocycles. The maximum Gasteiger partial charge on any atom is 0.327 e. The number of halogens is 1. The number of aliphatic imine (C=N–C) groups is 1. The van der Waals surface area contributed by atoms with Crippen LogP contribution < -0.4 is 5.32 Å². The Hall–Kier alpha value is -1.98. The Kier molecular flexibility index (Phi) is 6.00. The van der Waals surface area contributed by atoms with E-state index in [0.717, 1.165) is 18.1 Å². The van der Waals surface area contributed by atoms with E-state index in [1.807, 2.05) is 30.3 Å². The second-order valence-electron chi connectivity index (χ2n) is 5.88. The number of thioether (sulfide) groups is 1. The van der Waals surface area contributed by atoms with Gasteiger partial charge < -0.3 is 5.32 Å². The molecular weight excluding hydrogens is 354 g/mol. The summed E-state index contributed by atoms with van der Waals surface area (Å²) in [5.74, 6) is 0. The highest BCUT2D eigenvalue weighted by atomic mass is 35.5. The van der Waals surface area contributed by atoms with Gasteiger partial charge in [0, 0.05) is 22.5 Å². The Balaban J connectivity index is 1.72. The van der Waals surface area contributed by atoms with E-state index in [1.165, 1.54) is 5.56 Å². The first-order chi connectivity index (χ1) is 12.1. The molecule has 1 N–H and O–H groups in total. The molecule has 130 valence electrons. The average Bonchev–Trinajstić information content (AvgIpc) is 3.02. The molecule has 1 heterocycles. The van der Waals surface area contributed by atoms with Crippen LogP contribution >= 0.6 is 23.4 Å². The number of urea groups is 1. The van der Waals surface area contributed by atoms with E-state index in [9.17, 15) is 4.79 Å². The number of hydrogen-bond acceptors (Lipinski definition) is 3. The zero-order chi connectivity index (χ0) is 17.6. The average molecular weight is 374 g/mol. The molecule has 1 atom stereocenters. The standard InChI is InChI=1S/C19H20ClN3OS/c1-14-13-21-19(25-14)23(11-10-15-6-3-2-4-7-15)18(24)22-17-9-5-8-16(20)12-17/h2-9,12,14H,10-11,13H2,1H3,(H,22,24). The number of rotatable bonds is 4. The number of nitrogens with one attached hydrogen (secondary N) is 1. The first kappa shape index (κ1) is 17.8. The molecule has 0 fully saturated rings. The van der Waals surface area contributed by atoms with Crippen molar-refractivity contribution in [2.24, 2.45) is 4.99 Å². The maximum absolute atomic E-state index is 12.8. The van der Waals surface area contributed by atoms with Gasteiger partial charge in [-0.1, -0.05) is 66.7 Å². The van der Waals surface area contributed by atoms with E-state index in [0.29, 0.717) is 22.5 Å². The normalized spacial score (nSPS) is 16.4. The number of nitrogens with zero attached hydrogens (tertiary/aromatic N) is 2. The van der Waals surface area contributed by atoms with E-state index in [1.54, 1.807) is 28.8 Å². The highest BCUT2D eigenvalue weighted by Crippen LogP contribution is 2.24. The van der Waals surface area contributed by atoms with E-state index >= 15 is 0 Å². The summed E-state index contributed by atoms with van der Waals surface area (Å²) in [6.07, 6.45) is 0.776. The molecule has 1 unspecified atom stereocenters. The van der Waals surface area contributed by atoms with Gasteiger partial charge in [0.05, 0.1) is 6.54 Å². The topological polar surface area (TPSA) is 44.7 Å². The van der Waals surface area contributed by atoms with E-state index in [-0.39, 0.29) is 6.03 Å². The van der Waals surface area contributed by atoms with Crippen molar-refractivity contribution in [3.8, 4) is 0 Å². The summed E-state index contributed by atoms with van der Waals surface area (Å²) in [5, 5.41) is 4.69. The molecule has 25 heavy (non-hydrogen) atoms. The molecule has 0 bridgehead atoms. The Morgan fingerprint density at radius 1 is 1.28 bits per heavy atom. The van der Waals surface area contributed by atoms with Gasteiger partial charge in [-0.15, -0.1) is 0 Å². The first-order valence-corrected chi connectivity index (χ1v) is 9.47. The van der Waals surface area contributed by atoms with E-state index in [4.69, 9.17) is 11.6 Å². The van der Waals surface area contributed by atoms with Gasteiger partial charge >= 0.3 is 6.03 Å². The highest BCUT2D eigenvalue weighted by molar-refractivity contribution is 8.14. The monoisotopic (exact) mass is 373 g/mol. The summed E-state index contributed by atoms with van der Waals surface area (Å²) in [5.41, 5.74) is 1.87. The second-order valence-corrected chi connectivity index (χ2v) is 7.72. The van der Waals surface area contributed by atoms with Gasteiger partial charge in [-0.25, -0.2) is 4.79 Å². The number of hydrogen-bond donors (Lipinski definition) is 1. The predicted octanol–water partition coefficient (Wildman–Crippen LogP) is 4.91. The lowest BCUT2D eigenvalue weighted by molar-refractivity contribution is 0.234. The number of amides is 2. The van der Waals surface area contributed by atoms with Crippen molar-refractivity contribution in [3.05, 3.63) is 65.2 Å². The van der Waals surface area contributed by atoms with Gasteiger partial charge in [0.2, 0.25) is 0 Å². The zero-order valence-electron chi connectivity index (χ0n) is 14.0. The van der Waals surface area contributed by atoms with Gasteiger partial charge in [-0.3, -0.25) is 9.89 Å². The minimum atomic E-state index is -0.182. The van der Waals surface area contributed by atoms with Gasteiger partial charge in [0.1, 0.15) is 0 Å². The molecule has 2 amide bonds. The molecule has 3 rings (SSSR count). The smallest absolute Gasteiger partial charge is 0.307 e. The molecule has 1 aliphatic heterocycles. The van der Waals surface area contributed by atoms with Crippen molar-refractivity contribution in [2.75, 3.05) is 18.4 Å². The van der Waals surface area contributed by atoms with Crippen LogP contribution in [0.5, 0.6) is 0 Å². The summed E-state index contributed by atoms with van der Waals surface area (Å²) >= 11 is 7.64. The fraction of sp³-hybridized carbons (Fsp3) is 0.263. The molecule has 4 nitrogen and oxygen atoms in total. The summed E-state index contributed by atoms with van der Waals surface area (Å²) in [7, 11) is 0. The predicted molar refractivity (Wildman–Crippen MR) is 107 cm³/mol. The molecule has 6 heteroatoms. The van der Waals surface area contributed by atoms with Gasteiger partial charge in [0.25, 0.3) is 0 Å². The lowest BCUT2D eigenvalue weighted by Gasteiger charge is -2.23. The van der Waals surface area contributed by atoms with Crippen LogP contribution in [0.4, 0.5) is 10.5 Å². The molecule has 1 aliphatic rings. The van der Waals surface area contributed by atoms with Crippen LogP contribution in [0.3, 0.4) is 0 Å². The van der Waals surface area contributed by atoms with Crippen LogP contribution in [0.2, 0.25) is 5.02 Å². The van der Waals surface area contributed by atoms with E-state index in [2.05, 4.69) is 29.4 Å². The molecule has 2 aromatic rings. The van der Waals surface area contributed by atoms with Crippen molar-refractivity contribution in [2.45, 2.75) is 18.6 Å². The Morgan fingerprint density at radius 2 is 2.08 bits per heavy atom. The molecule has 2 aromatic carbocycles. The molecule has 0 aliphatic carbocycles. The third-order valence-electron chi connectivity index (χ3n) is 3.81. The van der Waals surface area contributed by atoms with Crippen LogP contribution in [-0.2, 0) is 6.42 Å². The lowest BCUT2D eigenvalue weighted by atomic mass is 10.1. The number of anilines is 1. The van der Waals surface area contributed by atoms with Gasteiger partial charge in [-0.05, 0) is 30.2 Å². The quantitative estimate of drug-likeness (QED) is 0.827. The summed E-state index contributed by atoms with van der Waals surface area (Å²) in [4.78, 5) is 19.1. The van der Waals surface area contributed by atoms with Crippen LogP contribution in [0.15, 0.2) is 59.6 Å². The Bertz CT molecular complexity index is 766. The molecular formula is C19H20ClN3OS. The van der Waals surface area contributed by atoms with Crippen molar-refractivity contribution in [3.63, 3.8) is 0 Å². The van der Waals surface area contributed by atoms with Crippen molar-refractivity contribution in [1.29, 1.82) is 0 Å². The van der Waals surface area contributed by atoms with Crippen molar-refractivity contribution in [1.82, 2.24) is 4.90 Å². The molecule has 0 saturated carbocycles. The fourth-order valence-electron chi connectivity index (χ4n) is 2.54. The van der Waals surface area contributed by atoms with E-state index < -0.39 is 0 Å². The number of amidine groups is 1. The van der Waals surface area contributed by atoms with Crippen LogP contribution in [0.1, 0.15) is 12.5 Å². The number of carbonyl (C=O) groups excluding carboxylic acids is 1. The highest BCUT2D eigenvalue weighted by Gasteiger charge is 2.25. The number of benzene rings is 2. The molecule has 0 aromatic heterocycles. The summed E-state index contributed by atoms with van der Waals surface area (Å²) in [6, 6.07) is 17.1. The zero-order valence-corrected chi connectivity index (χ0v) is 15.6. The third-order valence-corrected chi connectivity index (χ3v) is 5.16. The Labute approximate surface area is 157 Å². The summed E-state index contributed by atoms with van der Waals surface area (Å²) < 4.78 is 0. The second kappa shape index (κ2) is 8.41. The van der Waals surface area contributed by atoms with Crippen molar-refractivity contribution >= 4 is 40.2 Å². The SMILES string of the molecule is CC1CN=C(N(CCc2ccccc2)C(=O)Nc2cccc(Cl)c2)S1. The van der Waals surface area contributed by atoms with Crippen molar-refractivity contribution < 1.29 is 4.79 Å². The molecule has 0 radical (unpaired) electrons. The maximum atomic E-state index is 12.8. The first-order valence-electron chi connectivity index (χ1n) is 8.21. The fourth-order valence-corrected chi connectivity index (χ4v) is 3.69. The summed E-state index contributed by atoms with van der Waals surface area (Å²) in [6.45, 7) is 3.44. The molecule has 0 spiro atoms. The minimum absolute atomic E-state index is 0.182. The third kappa shape index (κ3) is 5.00. The lowest BCUT2D eigenvalue weighted by Crippen LogP contribution is -2.39. The minimum Gasteiger partial charge on any atom is -0.307 e. The van der Waals surface area contributed by atoms with Gasteiger partial charge in [0.15, 0.2) is 5.17 Å².